The summed E-state index contributed by atoms with van der Waals surface area (Å²) in [6.07, 6.45) is 3.25. The van der Waals surface area contributed by atoms with Gasteiger partial charge in [-0.15, -0.1) is 0 Å². The minimum absolute atomic E-state index is 0.0529. The van der Waals surface area contributed by atoms with Crippen LogP contribution in [0, 0.1) is 0 Å². The first-order chi connectivity index (χ1) is 10.6. The summed E-state index contributed by atoms with van der Waals surface area (Å²) in [6.45, 7) is 0. The van der Waals surface area contributed by atoms with E-state index in [4.69, 9.17) is 23.2 Å². The van der Waals surface area contributed by atoms with Gasteiger partial charge in [-0.3, -0.25) is 4.79 Å². The van der Waals surface area contributed by atoms with Gasteiger partial charge in [0.25, 0.3) is 0 Å². The SMILES string of the molecule is O=C(/C=C/c1ccc(Cl)cc1Cl)c1cccc2ccccc12. The molecule has 0 unspecified atom stereocenters. The average Bonchev–Trinajstić information content (AvgIpc) is 2.53. The van der Waals surface area contributed by atoms with E-state index in [0.717, 1.165) is 16.3 Å². The normalized spacial score (nSPS) is 11.2. The third kappa shape index (κ3) is 3.06. The largest absolute Gasteiger partial charge is 0.289 e. The van der Waals surface area contributed by atoms with Crippen molar-refractivity contribution in [1.82, 2.24) is 0 Å². The maximum absolute atomic E-state index is 12.5. The summed E-state index contributed by atoms with van der Waals surface area (Å²) in [4.78, 5) is 12.5. The predicted molar refractivity (Wildman–Crippen MR) is 93.8 cm³/mol. The maximum Gasteiger partial charge on any atom is 0.186 e. The van der Waals surface area contributed by atoms with Crippen molar-refractivity contribution >= 4 is 45.8 Å². The monoisotopic (exact) mass is 326 g/mol. The zero-order valence-electron chi connectivity index (χ0n) is 11.6. The van der Waals surface area contributed by atoms with Gasteiger partial charge in [-0.1, -0.05) is 71.7 Å². The fraction of sp³-hybridized carbons (Fsp3) is 0. The van der Waals surface area contributed by atoms with Crippen LogP contribution in [0.25, 0.3) is 16.8 Å². The van der Waals surface area contributed by atoms with Crippen molar-refractivity contribution in [3.63, 3.8) is 0 Å². The van der Waals surface area contributed by atoms with Gasteiger partial charge in [-0.05, 0) is 40.6 Å². The van der Waals surface area contributed by atoms with E-state index in [1.54, 1.807) is 24.3 Å². The Hall–Kier alpha value is -2.09. The molecule has 0 saturated heterocycles. The molecule has 0 saturated carbocycles. The molecule has 3 aromatic rings. The first-order valence-corrected chi connectivity index (χ1v) is 7.56. The Morgan fingerprint density at radius 1 is 0.909 bits per heavy atom. The molecule has 1 nitrogen and oxygen atoms in total. The first kappa shape index (κ1) is 14.8. The van der Waals surface area contributed by atoms with E-state index in [1.165, 1.54) is 6.08 Å². The van der Waals surface area contributed by atoms with E-state index in [1.807, 2.05) is 42.5 Å². The van der Waals surface area contributed by atoms with Crippen molar-refractivity contribution in [3.05, 3.63) is 87.9 Å². The minimum atomic E-state index is -0.0529. The van der Waals surface area contributed by atoms with Crippen LogP contribution in [0.15, 0.2) is 66.7 Å². The number of ketones is 1. The molecule has 0 aliphatic rings. The van der Waals surface area contributed by atoms with Crippen LogP contribution < -0.4 is 0 Å². The topological polar surface area (TPSA) is 17.1 Å². The number of carbonyl (C=O) groups is 1. The molecule has 0 amide bonds. The number of hydrogen-bond donors (Lipinski definition) is 0. The molecule has 0 atom stereocenters. The molecule has 0 fully saturated rings. The fourth-order valence-electron chi connectivity index (χ4n) is 2.33. The van der Waals surface area contributed by atoms with Gasteiger partial charge in [-0.25, -0.2) is 0 Å². The summed E-state index contributed by atoms with van der Waals surface area (Å²) in [5, 5.41) is 3.09. The highest BCUT2D eigenvalue weighted by Gasteiger charge is 2.07. The maximum atomic E-state index is 12.5. The summed E-state index contributed by atoms with van der Waals surface area (Å²) >= 11 is 12.0. The standard InChI is InChI=1S/C19H12Cl2O/c20-15-10-8-14(18(21)12-15)9-11-19(22)17-7-3-5-13-4-1-2-6-16(13)17/h1-12H/b11-9+. The molecule has 0 N–H and O–H groups in total. The Kier molecular flexibility index (Phi) is 4.28. The lowest BCUT2D eigenvalue weighted by Gasteiger charge is -2.03. The van der Waals surface area contributed by atoms with Gasteiger partial charge in [0.1, 0.15) is 0 Å². The van der Waals surface area contributed by atoms with Crippen molar-refractivity contribution < 1.29 is 4.79 Å². The number of fused-ring (bicyclic) bond motifs is 1. The molecule has 0 spiro atoms. The number of halogens is 2. The second kappa shape index (κ2) is 6.35. The van der Waals surface area contributed by atoms with E-state index >= 15 is 0 Å². The van der Waals surface area contributed by atoms with Gasteiger partial charge in [0.15, 0.2) is 5.78 Å². The van der Waals surface area contributed by atoms with E-state index in [0.29, 0.717) is 15.6 Å². The Morgan fingerprint density at radius 3 is 2.50 bits per heavy atom. The summed E-state index contributed by atoms with van der Waals surface area (Å²) in [5.41, 5.74) is 1.44. The lowest BCUT2D eigenvalue weighted by molar-refractivity contribution is 0.104. The molecule has 3 heteroatoms. The molecule has 3 aromatic carbocycles. The van der Waals surface area contributed by atoms with Gasteiger partial charge in [0.2, 0.25) is 0 Å². The lowest BCUT2D eigenvalue weighted by Crippen LogP contribution is -1.95. The van der Waals surface area contributed by atoms with Crippen LogP contribution >= 0.6 is 23.2 Å². The van der Waals surface area contributed by atoms with Crippen LogP contribution in [-0.2, 0) is 0 Å². The third-order valence-electron chi connectivity index (χ3n) is 3.43. The van der Waals surface area contributed by atoms with Crippen LogP contribution in [0.3, 0.4) is 0 Å². The highest BCUT2D eigenvalue weighted by Crippen LogP contribution is 2.23. The highest BCUT2D eigenvalue weighted by atomic mass is 35.5. The van der Waals surface area contributed by atoms with Gasteiger partial charge in [-0.2, -0.15) is 0 Å². The predicted octanol–water partition coefficient (Wildman–Crippen LogP) is 6.04. The van der Waals surface area contributed by atoms with Crippen LogP contribution in [0.1, 0.15) is 15.9 Å². The van der Waals surface area contributed by atoms with Crippen molar-refractivity contribution in [1.29, 1.82) is 0 Å². The van der Waals surface area contributed by atoms with Crippen molar-refractivity contribution in [2.24, 2.45) is 0 Å². The van der Waals surface area contributed by atoms with Crippen LogP contribution in [0.2, 0.25) is 10.0 Å². The fourth-order valence-corrected chi connectivity index (χ4v) is 2.80. The van der Waals surface area contributed by atoms with Gasteiger partial charge in [0, 0.05) is 15.6 Å². The Balaban J connectivity index is 1.95. The zero-order valence-corrected chi connectivity index (χ0v) is 13.1. The second-order valence-corrected chi connectivity index (χ2v) is 5.73. The Morgan fingerprint density at radius 2 is 1.68 bits per heavy atom. The van der Waals surface area contributed by atoms with Gasteiger partial charge >= 0.3 is 0 Å². The van der Waals surface area contributed by atoms with E-state index in [-0.39, 0.29) is 5.78 Å². The number of benzene rings is 3. The number of carbonyl (C=O) groups excluding carboxylic acids is 1. The average molecular weight is 327 g/mol. The number of hydrogen-bond acceptors (Lipinski definition) is 1. The Labute approximate surface area is 138 Å². The highest BCUT2D eigenvalue weighted by molar-refractivity contribution is 6.35. The van der Waals surface area contributed by atoms with Crippen molar-refractivity contribution in [2.75, 3.05) is 0 Å². The smallest absolute Gasteiger partial charge is 0.186 e. The van der Waals surface area contributed by atoms with Crippen molar-refractivity contribution in [3.8, 4) is 0 Å². The van der Waals surface area contributed by atoms with Crippen LogP contribution in [0.4, 0.5) is 0 Å². The number of rotatable bonds is 3. The molecule has 3 rings (SSSR count). The molecule has 22 heavy (non-hydrogen) atoms. The Bertz CT molecular complexity index is 876. The summed E-state index contributed by atoms with van der Waals surface area (Å²) < 4.78 is 0. The molecule has 0 heterocycles. The quantitative estimate of drug-likeness (QED) is 0.423. The minimum Gasteiger partial charge on any atom is -0.289 e. The number of allylic oxidation sites excluding steroid dienone is 1. The van der Waals surface area contributed by atoms with Gasteiger partial charge in [0.05, 0.1) is 0 Å². The molecule has 0 aliphatic heterocycles. The first-order valence-electron chi connectivity index (χ1n) is 6.80. The lowest BCUT2D eigenvalue weighted by atomic mass is 10.0. The van der Waals surface area contributed by atoms with E-state index in [9.17, 15) is 4.79 Å². The molecular weight excluding hydrogens is 315 g/mol. The van der Waals surface area contributed by atoms with Crippen LogP contribution in [0.5, 0.6) is 0 Å². The second-order valence-electron chi connectivity index (χ2n) is 4.89. The van der Waals surface area contributed by atoms with E-state index < -0.39 is 0 Å². The zero-order chi connectivity index (χ0) is 15.5. The molecule has 0 radical (unpaired) electrons. The van der Waals surface area contributed by atoms with E-state index in [2.05, 4.69) is 0 Å². The van der Waals surface area contributed by atoms with Crippen LogP contribution in [-0.4, -0.2) is 5.78 Å². The molecule has 0 aromatic heterocycles. The van der Waals surface area contributed by atoms with Crippen molar-refractivity contribution in [2.45, 2.75) is 0 Å². The molecular formula is C19H12Cl2O. The summed E-state index contributed by atoms with van der Waals surface area (Å²) in [6, 6.07) is 18.7. The van der Waals surface area contributed by atoms with Gasteiger partial charge < -0.3 is 0 Å². The molecule has 0 aliphatic carbocycles. The summed E-state index contributed by atoms with van der Waals surface area (Å²) in [5.74, 6) is -0.0529. The molecule has 108 valence electrons. The summed E-state index contributed by atoms with van der Waals surface area (Å²) in [7, 11) is 0. The molecule has 0 bridgehead atoms. The third-order valence-corrected chi connectivity index (χ3v) is 3.99.